The molecule has 0 heterocycles. The average Bonchev–Trinajstić information content (AvgIpc) is 1.80. The van der Waals surface area contributed by atoms with Crippen molar-refractivity contribution in [2.75, 3.05) is 21.1 Å². The molecule has 0 bridgehead atoms. The highest BCUT2D eigenvalue weighted by Gasteiger charge is 2.53. The highest BCUT2D eigenvalue weighted by Crippen LogP contribution is 2.17. The largest absolute Gasteiger partial charge is 0.542 e. The van der Waals surface area contributed by atoms with Crippen molar-refractivity contribution in [3.05, 3.63) is 0 Å². The lowest BCUT2D eigenvalue weighted by Gasteiger charge is -2.40. The van der Waals surface area contributed by atoms with E-state index >= 15 is 0 Å². The van der Waals surface area contributed by atoms with Crippen LogP contribution in [-0.4, -0.2) is 49.6 Å². The van der Waals surface area contributed by atoms with Crippen LogP contribution < -0.4 is 10.8 Å². The molecular formula is C5H12N2O5S. The van der Waals surface area contributed by atoms with Gasteiger partial charge in [-0.3, -0.25) is 14.8 Å². The van der Waals surface area contributed by atoms with E-state index in [1.54, 1.807) is 0 Å². The Morgan fingerprint density at radius 1 is 1.46 bits per heavy atom. The first-order valence-electron chi connectivity index (χ1n) is 3.23. The van der Waals surface area contributed by atoms with E-state index in [1.807, 2.05) is 0 Å². The van der Waals surface area contributed by atoms with Gasteiger partial charge < -0.3 is 9.90 Å². The first kappa shape index (κ1) is 12.3. The Morgan fingerprint density at radius 2 is 1.77 bits per heavy atom. The molecule has 7 nitrogen and oxygen atoms in total. The maximum Gasteiger partial charge on any atom is 0.343 e. The molecule has 0 aliphatic carbocycles. The van der Waals surface area contributed by atoms with Crippen molar-refractivity contribution in [3.8, 4) is 0 Å². The highest BCUT2D eigenvalue weighted by molar-refractivity contribution is 7.87. The molecule has 78 valence electrons. The lowest BCUT2D eigenvalue weighted by atomic mass is 10.4. The van der Waals surface area contributed by atoms with Crippen LogP contribution in [0.5, 0.6) is 0 Å². The van der Waals surface area contributed by atoms with Crippen LogP contribution in [0.1, 0.15) is 0 Å². The van der Waals surface area contributed by atoms with E-state index in [0.717, 1.165) is 0 Å². The van der Waals surface area contributed by atoms with Gasteiger partial charge in [0.05, 0.1) is 21.1 Å². The number of carboxylic acids is 1. The quantitative estimate of drug-likeness (QED) is 0.291. The number of hydrogen-bond donors (Lipinski definition) is 2. The van der Waals surface area contributed by atoms with Crippen LogP contribution in [0.2, 0.25) is 0 Å². The molecule has 0 fully saturated rings. The number of rotatable bonds is 3. The second-order valence-electron chi connectivity index (χ2n) is 3.47. The van der Waals surface area contributed by atoms with Crippen LogP contribution in [0.4, 0.5) is 0 Å². The number of hydrogen-bond acceptors (Lipinski definition) is 5. The molecule has 1 atom stereocenters. The average molecular weight is 212 g/mol. The van der Waals surface area contributed by atoms with E-state index in [9.17, 15) is 18.3 Å². The Morgan fingerprint density at radius 3 is 1.77 bits per heavy atom. The van der Waals surface area contributed by atoms with Crippen molar-refractivity contribution >= 4 is 16.1 Å². The molecule has 8 heteroatoms. The van der Waals surface area contributed by atoms with E-state index in [4.69, 9.17) is 10.3 Å². The van der Waals surface area contributed by atoms with Gasteiger partial charge in [-0.2, -0.15) is 8.42 Å². The van der Waals surface area contributed by atoms with Crippen LogP contribution >= 0.6 is 0 Å². The summed E-state index contributed by atoms with van der Waals surface area (Å²) < 4.78 is 29.4. The molecule has 0 spiro atoms. The third-order valence-electron chi connectivity index (χ3n) is 1.68. The fourth-order valence-electron chi connectivity index (χ4n) is 0.725. The van der Waals surface area contributed by atoms with Gasteiger partial charge in [0.15, 0.2) is 0 Å². The fourth-order valence-corrected chi connectivity index (χ4v) is 1.63. The molecule has 3 N–H and O–H groups in total. The molecule has 0 aromatic rings. The Kier molecular flexibility index (Phi) is 2.75. The number of quaternary nitrogens is 1. The summed E-state index contributed by atoms with van der Waals surface area (Å²) in [6.07, 6.45) is 0. The molecule has 0 saturated heterocycles. The van der Waals surface area contributed by atoms with Gasteiger partial charge in [0.25, 0.3) is 0 Å². The predicted molar refractivity (Wildman–Crippen MR) is 41.5 cm³/mol. The number of carbonyl (C=O) groups is 1. The maximum atomic E-state index is 10.7. The summed E-state index contributed by atoms with van der Waals surface area (Å²) in [6, 6.07) is 0. The molecule has 0 amide bonds. The van der Waals surface area contributed by atoms with Crippen LogP contribution in [-0.2, 0) is 14.9 Å². The lowest BCUT2D eigenvalue weighted by molar-refractivity contribution is -0.900. The zero-order valence-corrected chi connectivity index (χ0v) is 8.33. The monoisotopic (exact) mass is 212 g/mol. The van der Waals surface area contributed by atoms with Crippen molar-refractivity contribution in [2.24, 2.45) is 5.73 Å². The van der Waals surface area contributed by atoms with E-state index < -0.39 is 25.6 Å². The summed E-state index contributed by atoms with van der Waals surface area (Å²) >= 11 is 0. The highest BCUT2D eigenvalue weighted by atomic mass is 32.2. The topological polar surface area (TPSA) is 121 Å². The second-order valence-corrected chi connectivity index (χ2v) is 5.04. The van der Waals surface area contributed by atoms with E-state index in [1.165, 1.54) is 21.1 Å². The summed E-state index contributed by atoms with van der Waals surface area (Å²) in [5, 5.41) is 10.5. The summed E-state index contributed by atoms with van der Waals surface area (Å²) in [6.45, 7) is 0. The fraction of sp³-hybridized carbons (Fsp3) is 0.800. The third-order valence-corrected chi connectivity index (χ3v) is 3.18. The third kappa shape index (κ3) is 1.80. The molecule has 0 aliphatic rings. The number of aliphatic carboxylic acids is 1. The van der Waals surface area contributed by atoms with E-state index in [-0.39, 0.29) is 0 Å². The Labute approximate surface area is 76.1 Å². The first-order valence-corrected chi connectivity index (χ1v) is 4.67. The molecule has 13 heavy (non-hydrogen) atoms. The lowest BCUT2D eigenvalue weighted by Crippen LogP contribution is -2.75. The number of carboxylic acid groups (broad SMARTS) is 1. The number of nitrogens with two attached hydrogens (primary N) is 1. The minimum atomic E-state index is -4.93. The standard InChI is InChI=1S/C5H12N2O5S/c1-7(2,3)5(6,4(8)9)13(10,11)12/h6H2,1-3H3,(H-,8,9,10,11,12). The van der Waals surface area contributed by atoms with Crippen molar-refractivity contribution in [1.82, 2.24) is 0 Å². The van der Waals surface area contributed by atoms with Crippen LogP contribution in [0.3, 0.4) is 0 Å². The van der Waals surface area contributed by atoms with Crippen LogP contribution in [0.25, 0.3) is 0 Å². The normalized spacial score (nSPS) is 17.9. The van der Waals surface area contributed by atoms with Gasteiger partial charge in [-0.15, -0.1) is 0 Å². The Balaban J connectivity index is 5.64. The van der Waals surface area contributed by atoms with Crippen LogP contribution in [0, 0.1) is 0 Å². The minimum Gasteiger partial charge on any atom is -0.542 e. The zero-order valence-electron chi connectivity index (χ0n) is 7.51. The molecule has 1 unspecified atom stereocenters. The summed E-state index contributed by atoms with van der Waals surface area (Å²) in [4.78, 5) is 7.67. The van der Waals surface area contributed by atoms with Gasteiger partial charge >= 0.3 is 15.1 Å². The van der Waals surface area contributed by atoms with Gasteiger partial charge in [0.2, 0.25) is 0 Å². The number of likely N-dealkylation sites (N-methyl/N-ethyl adjacent to an activating group) is 1. The predicted octanol–water partition coefficient (Wildman–Crippen LogP) is -3.06. The van der Waals surface area contributed by atoms with Gasteiger partial charge in [0, 0.05) is 0 Å². The van der Waals surface area contributed by atoms with E-state index in [2.05, 4.69) is 0 Å². The number of carbonyl (C=O) groups excluding carboxylic acids is 1. The second kappa shape index (κ2) is 2.91. The van der Waals surface area contributed by atoms with Gasteiger partial charge in [-0.05, 0) is 0 Å². The summed E-state index contributed by atoms with van der Waals surface area (Å²) in [7, 11) is -1.30. The molecular weight excluding hydrogens is 200 g/mol. The summed E-state index contributed by atoms with van der Waals surface area (Å²) in [5.74, 6) is -2.05. The zero-order chi connectivity index (χ0) is 11.1. The molecule has 0 saturated carbocycles. The molecule has 0 aliphatic heterocycles. The first-order chi connectivity index (χ1) is 5.44. The molecule has 0 aromatic heterocycles. The Bertz CT molecular complexity index is 316. The van der Waals surface area contributed by atoms with Gasteiger partial charge in [-0.25, -0.2) is 0 Å². The molecule has 0 aromatic carbocycles. The summed E-state index contributed by atoms with van der Waals surface area (Å²) in [5.41, 5.74) is 5.07. The van der Waals surface area contributed by atoms with Crippen molar-refractivity contribution < 1.29 is 27.4 Å². The van der Waals surface area contributed by atoms with Crippen LogP contribution in [0.15, 0.2) is 0 Å². The van der Waals surface area contributed by atoms with Crippen molar-refractivity contribution in [2.45, 2.75) is 4.99 Å². The smallest absolute Gasteiger partial charge is 0.343 e. The maximum absolute atomic E-state index is 10.7. The van der Waals surface area contributed by atoms with Gasteiger partial charge in [0.1, 0.15) is 5.97 Å². The number of nitrogens with zero attached hydrogens (tertiary/aromatic N) is 1. The SMILES string of the molecule is C[N+](C)(C)C(N)(C(=O)[O-])S(=O)(=O)O. The van der Waals surface area contributed by atoms with Gasteiger partial charge in [-0.1, -0.05) is 0 Å². The van der Waals surface area contributed by atoms with E-state index in [0.29, 0.717) is 0 Å². The van der Waals surface area contributed by atoms with Crippen molar-refractivity contribution in [1.29, 1.82) is 0 Å². The molecule has 0 radical (unpaired) electrons. The molecule has 0 rings (SSSR count). The van der Waals surface area contributed by atoms with Crippen molar-refractivity contribution in [3.63, 3.8) is 0 Å². The Hall–Kier alpha value is -0.700. The minimum absolute atomic E-state index is 0.700.